The molecular formula is C21H26BrN3O2. The number of pyridine rings is 1. The van der Waals surface area contributed by atoms with Gasteiger partial charge in [-0.25, -0.2) is 4.79 Å². The van der Waals surface area contributed by atoms with Crippen LogP contribution >= 0.6 is 15.9 Å². The molecule has 0 radical (unpaired) electrons. The van der Waals surface area contributed by atoms with Gasteiger partial charge in [0.15, 0.2) is 0 Å². The number of halogens is 1. The van der Waals surface area contributed by atoms with Crippen LogP contribution in [0.5, 0.6) is 0 Å². The molecule has 27 heavy (non-hydrogen) atoms. The predicted molar refractivity (Wildman–Crippen MR) is 111 cm³/mol. The lowest BCUT2D eigenvalue weighted by atomic mass is 9.93. The minimum absolute atomic E-state index is 0.209. The quantitative estimate of drug-likeness (QED) is 0.624. The van der Waals surface area contributed by atoms with E-state index in [1.54, 1.807) is 0 Å². The Labute approximate surface area is 168 Å². The summed E-state index contributed by atoms with van der Waals surface area (Å²) >= 11 is 3.71. The van der Waals surface area contributed by atoms with Gasteiger partial charge >= 0.3 is 6.09 Å². The number of hydrogen-bond donors (Lipinski definition) is 0. The number of rotatable bonds is 1. The standard InChI is InChI=1S/C21H26BrN3O2/c1-13-8-9-24(20(26)27-21(2,3)4)12-18(13)25-11-16(22)15-10-23-17-7-5-6-14(17)19(15)25/h5-6,10-11,13,18H,7-9,12H2,1-4H3/t13-,18+/m1/s1. The molecule has 3 heterocycles. The van der Waals surface area contributed by atoms with E-state index in [0.717, 1.165) is 34.9 Å². The lowest BCUT2D eigenvalue weighted by molar-refractivity contribution is 0.0127. The monoisotopic (exact) mass is 431 g/mol. The second-order valence-corrected chi connectivity index (χ2v) is 9.49. The first-order valence-corrected chi connectivity index (χ1v) is 10.4. The van der Waals surface area contributed by atoms with E-state index in [9.17, 15) is 4.79 Å². The van der Waals surface area contributed by atoms with Gasteiger partial charge < -0.3 is 14.2 Å². The molecule has 0 saturated carbocycles. The zero-order valence-corrected chi connectivity index (χ0v) is 17.9. The first-order valence-electron chi connectivity index (χ1n) is 9.57. The summed E-state index contributed by atoms with van der Waals surface area (Å²) in [7, 11) is 0. The molecule has 144 valence electrons. The number of piperidine rings is 1. The van der Waals surface area contributed by atoms with Gasteiger partial charge in [-0.05, 0) is 49.0 Å². The van der Waals surface area contributed by atoms with E-state index in [0.29, 0.717) is 12.5 Å². The van der Waals surface area contributed by atoms with Crippen molar-refractivity contribution in [3.63, 3.8) is 0 Å². The molecule has 2 aromatic rings. The molecule has 4 rings (SSSR count). The van der Waals surface area contributed by atoms with Gasteiger partial charge in [-0.3, -0.25) is 4.98 Å². The molecule has 1 saturated heterocycles. The van der Waals surface area contributed by atoms with Gasteiger partial charge in [-0.15, -0.1) is 0 Å². The molecule has 1 fully saturated rings. The van der Waals surface area contributed by atoms with Crippen LogP contribution in [-0.4, -0.2) is 39.2 Å². The molecule has 0 unspecified atom stereocenters. The highest BCUT2D eigenvalue weighted by Crippen LogP contribution is 2.38. The molecule has 1 amide bonds. The van der Waals surface area contributed by atoms with Gasteiger partial charge in [0.2, 0.25) is 0 Å². The molecule has 1 aliphatic heterocycles. The maximum absolute atomic E-state index is 12.6. The summed E-state index contributed by atoms with van der Waals surface area (Å²) in [5.41, 5.74) is 3.07. The molecule has 0 bridgehead atoms. The van der Waals surface area contributed by atoms with Crippen LogP contribution in [0, 0.1) is 5.92 Å². The predicted octanol–water partition coefficient (Wildman–Crippen LogP) is 5.19. The van der Waals surface area contributed by atoms with Crippen LogP contribution in [-0.2, 0) is 11.2 Å². The largest absolute Gasteiger partial charge is 0.444 e. The van der Waals surface area contributed by atoms with Crippen LogP contribution in [0.3, 0.4) is 0 Å². The van der Waals surface area contributed by atoms with Crippen molar-refractivity contribution in [3.05, 3.63) is 34.2 Å². The Morgan fingerprint density at radius 3 is 2.89 bits per heavy atom. The molecule has 0 N–H and O–H groups in total. The summed E-state index contributed by atoms with van der Waals surface area (Å²) in [4.78, 5) is 19.1. The van der Waals surface area contributed by atoms with E-state index in [2.05, 4.69) is 50.8 Å². The highest BCUT2D eigenvalue weighted by Gasteiger charge is 2.33. The summed E-state index contributed by atoms with van der Waals surface area (Å²) in [6.45, 7) is 9.41. The normalized spacial score (nSPS) is 22.3. The topological polar surface area (TPSA) is 47.4 Å². The smallest absolute Gasteiger partial charge is 0.410 e. The average molecular weight is 432 g/mol. The number of aromatic nitrogens is 2. The SMILES string of the molecule is C[C@@H]1CCN(C(=O)OC(C)(C)C)C[C@@H]1n1cc(Br)c2cnc3c(c21)C=CC3. The van der Waals surface area contributed by atoms with Gasteiger partial charge in [0.25, 0.3) is 0 Å². The van der Waals surface area contributed by atoms with E-state index in [4.69, 9.17) is 4.74 Å². The Morgan fingerprint density at radius 1 is 1.37 bits per heavy atom. The van der Waals surface area contributed by atoms with Crippen molar-refractivity contribution >= 4 is 39.0 Å². The number of fused-ring (bicyclic) bond motifs is 3. The van der Waals surface area contributed by atoms with Crippen LogP contribution in [0.2, 0.25) is 0 Å². The van der Waals surface area contributed by atoms with Crippen LogP contribution in [0.4, 0.5) is 4.79 Å². The van der Waals surface area contributed by atoms with Gasteiger partial charge in [0, 0.05) is 47.3 Å². The Hall–Kier alpha value is -1.82. The van der Waals surface area contributed by atoms with Gasteiger partial charge in [0.1, 0.15) is 5.60 Å². The molecule has 0 spiro atoms. The number of carbonyl (C=O) groups is 1. The van der Waals surface area contributed by atoms with Crippen molar-refractivity contribution < 1.29 is 9.53 Å². The number of nitrogens with zero attached hydrogens (tertiary/aromatic N) is 3. The van der Waals surface area contributed by atoms with Gasteiger partial charge in [-0.2, -0.15) is 0 Å². The van der Waals surface area contributed by atoms with E-state index < -0.39 is 5.60 Å². The lowest BCUT2D eigenvalue weighted by Crippen LogP contribution is -2.45. The first kappa shape index (κ1) is 18.5. The second kappa shape index (κ2) is 6.66. The maximum Gasteiger partial charge on any atom is 0.410 e. The van der Waals surface area contributed by atoms with E-state index in [-0.39, 0.29) is 12.1 Å². The third-order valence-corrected chi connectivity index (χ3v) is 6.09. The van der Waals surface area contributed by atoms with Crippen molar-refractivity contribution in [3.8, 4) is 0 Å². The van der Waals surface area contributed by atoms with Crippen LogP contribution < -0.4 is 0 Å². The molecule has 6 heteroatoms. The third kappa shape index (κ3) is 3.40. The molecule has 1 aliphatic carbocycles. The van der Waals surface area contributed by atoms with Crippen molar-refractivity contribution in [2.24, 2.45) is 5.92 Å². The number of allylic oxidation sites excluding steroid dienone is 1. The third-order valence-electron chi connectivity index (χ3n) is 5.46. The van der Waals surface area contributed by atoms with Crippen molar-refractivity contribution in [1.82, 2.24) is 14.5 Å². The Balaban J connectivity index is 1.71. The zero-order chi connectivity index (χ0) is 19.3. The molecular weight excluding hydrogens is 406 g/mol. The highest BCUT2D eigenvalue weighted by atomic mass is 79.9. The van der Waals surface area contributed by atoms with Crippen molar-refractivity contribution in [2.75, 3.05) is 13.1 Å². The average Bonchev–Trinajstić information content (AvgIpc) is 3.18. The van der Waals surface area contributed by atoms with Crippen LogP contribution in [0.1, 0.15) is 51.4 Å². The second-order valence-electron chi connectivity index (χ2n) is 8.63. The minimum atomic E-state index is -0.476. The molecule has 2 aliphatic rings. The van der Waals surface area contributed by atoms with Crippen LogP contribution in [0.15, 0.2) is 22.9 Å². The Kier molecular flexibility index (Phi) is 4.57. The number of likely N-dealkylation sites (tertiary alicyclic amines) is 1. The summed E-state index contributed by atoms with van der Waals surface area (Å²) in [5, 5.41) is 1.13. The molecule has 2 atom stereocenters. The Morgan fingerprint density at radius 2 is 2.15 bits per heavy atom. The van der Waals surface area contributed by atoms with E-state index in [1.165, 1.54) is 11.1 Å². The minimum Gasteiger partial charge on any atom is -0.444 e. The highest BCUT2D eigenvalue weighted by molar-refractivity contribution is 9.10. The van der Waals surface area contributed by atoms with Crippen LogP contribution in [0.25, 0.3) is 17.0 Å². The maximum atomic E-state index is 12.6. The van der Waals surface area contributed by atoms with Gasteiger partial charge in [-0.1, -0.05) is 19.1 Å². The first-order chi connectivity index (χ1) is 12.7. The molecule has 2 aromatic heterocycles. The number of hydrogen-bond acceptors (Lipinski definition) is 3. The summed E-state index contributed by atoms with van der Waals surface area (Å²) < 4.78 is 9.01. The summed E-state index contributed by atoms with van der Waals surface area (Å²) in [6, 6.07) is 0.209. The number of carbonyl (C=O) groups excluding carboxylic acids is 1. The lowest BCUT2D eigenvalue weighted by Gasteiger charge is -2.38. The number of amides is 1. The van der Waals surface area contributed by atoms with Crippen molar-refractivity contribution in [1.29, 1.82) is 0 Å². The summed E-state index contributed by atoms with van der Waals surface area (Å²) in [5.74, 6) is 0.473. The zero-order valence-electron chi connectivity index (χ0n) is 16.3. The molecule has 0 aromatic carbocycles. The Bertz CT molecular complexity index is 926. The fourth-order valence-corrected chi connectivity index (χ4v) is 4.57. The summed E-state index contributed by atoms with van der Waals surface area (Å²) in [6.07, 6.45) is 10.1. The van der Waals surface area contributed by atoms with E-state index in [1.807, 2.05) is 31.9 Å². The van der Waals surface area contributed by atoms with Gasteiger partial charge in [0.05, 0.1) is 17.3 Å². The van der Waals surface area contributed by atoms with E-state index >= 15 is 0 Å². The fraction of sp³-hybridized carbons (Fsp3) is 0.524. The number of ether oxygens (including phenoxy) is 1. The fourth-order valence-electron chi connectivity index (χ4n) is 4.06. The van der Waals surface area contributed by atoms with Crippen molar-refractivity contribution in [2.45, 2.75) is 52.2 Å². The molecule has 5 nitrogen and oxygen atoms in total.